The highest BCUT2D eigenvalue weighted by atomic mass is 32.1. The van der Waals surface area contributed by atoms with Gasteiger partial charge in [-0.25, -0.2) is 9.97 Å². The molecular formula is C28H30N6O3S. The summed E-state index contributed by atoms with van der Waals surface area (Å²) in [6.45, 7) is 6.59. The molecule has 0 unspecified atom stereocenters. The molecule has 4 N–H and O–H groups in total. The van der Waals surface area contributed by atoms with E-state index in [9.17, 15) is 14.7 Å². The van der Waals surface area contributed by atoms with E-state index in [0.717, 1.165) is 53.6 Å². The highest BCUT2D eigenvalue weighted by Crippen LogP contribution is 2.38. The number of carbonyl (C=O) groups is 2. The molecule has 2 amide bonds. The van der Waals surface area contributed by atoms with Gasteiger partial charge in [0.1, 0.15) is 0 Å². The summed E-state index contributed by atoms with van der Waals surface area (Å²) in [7, 11) is 0. The predicted octanol–water partition coefficient (Wildman–Crippen LogP) is 3.32. The Kier molecular flexibility index (Phi) is 6.25. The van der Waals surface area contributed by atoms with E-state index in [2.05, 4.69) is 20.5 Å². The summed E-state index contributed by atoms with van der Waals surface area (Å²) in [4.78, 5) is 41.4. The second-order valence-electron chi connectivity index (χ2n) is 10.7. The molecule has 2 aliphatic heterocycles. The summed E-state index contributed by atoms with van der Waals surface area (Å²) in [5.41, 5.74) is 2.74. The molecule has 5 heterocycles. The molecular weight excluding hydrogens is 500 g/mol. The summed E-state index contributed by atoms with van der Waals surface area (Å²) in [6.07, 6.45) is 3.73. The molecule has 3 aromatic heterocycles. The van der Waals surface area contributed by atoms with Gasteiger partial charge in [-0.1, -0.05) is 18.2 Å². The molecule has 6 rings (SSSR count). The van der Waals surface area contributed by atoms with Crippen molar-refractivity contribution in [2.24, 2.45) is 5.92 Å². The normalized spacial score (nSPS) is 17.3. The number of carbonyl (C=O) groups excluding carboxylic acids is 2. The van der Waals surface area contributed by atoms with Crippen molar-refractivity contribution in [2.75, 3.05) is 31.1 Å². The van der Waals surface area contributed by atoms with Gasteiger partial charge in [0, 0.05) is 36.8 Å². The Bertz CT molecular complexity index is 1570. The minimum absolute atomic E-state index is 0.287. The van der Waals surface area contributed by atoms with Crippen molar-refractivity contribution >= 4 is 61.4 Å². The lowest BCUT2D eigenvalue weighted by molar-refractivity contribution is -0.122. The van der Waals surface area contributed by atoms with Crippen LogP contribution in [0.5, 0.6) is 0 Å². The number of nitrogens with one attached hydrogen (secondary N) is 3. The number of hydrogen-bond donors (Lipinski definition) is 4. The highest BCUT2D eigenvalue weighted by Gasteiger charge is 2.36. The van der Waals surface area contributed by atoms with Crippen LogP contribution in [0.2, 0.25) is 0 Å². The van der Waals surface area contributed by atoms with Crippen molar-refractivity contribution in [2.45, 2.75) is 32.3 Å². The number of hydrogen-bond acceptors (Lipinski definition) is 8. The van der Waals surface area contributed by atoms with Gasteiger partial charge in [-0.3, -0.25) is 14.9 Å². The van der Waals surface area contributed by atoms with Gasteiger partial charge < -0.3 is 20.3 Å². The van der Waals surface area contributed by atoms with Gasteiger partial charge in [-0.15, -0.1) is 11.3 Å². The number of fused-ring (bicyclic) bond motifs is 2. The van der Waals surface area contributed by atoms with Crippen LogP contribution in [0.4, 0.5) is 5.95 Å². The van der Waals surface area contributed by atoms with Crippen LogP contribution in [0.1, 0.15) is 37.9 Å². The second kappa shape index (κ2) is 9.61. The first kappa shape index (κ1) is 24.7. The average molecular weight is 531 g/mol. The summed E-state index contributed by atoms with van der Waals surface area (Å²) in [6, 6.07) is 9.58. The van der Waals surface area contributed by atoms with Gasteiger partial charge in [-0.05, 0) is 56.7 Å². The van der Waals surface area contributed by atoms with Crippen LogP contribution in [0, 0.1) is 5.92 Å². The number of aromatic amines is 1. The molecule has 0 atom stereocenters. The zero-order chi connectivity index (χ0) is 26.4. The summed E-state index contributed by atoms with van der Waals surface area (Å²) < 4.78 is 0.932. The maximum atomic E-state index is 13.2. The molecule has 4 aromatic rings. The maximum Gasteiger partial charge on any atom is 0.261 e. The Morgan fingerprint density at radius 3 is 2.66 bits per heavy atom. The minimum Gasteiger partial charge on any atom is -0.389 e. The molecule has 10 heteroatoms. The SMILES string of the molecule is CC(C)(O)CNCC1CCN(c2nc(C3=C(c4c[nH]c5ccsc45)C(=O)NC3=O)c3ccccc3n2)CC1. The van der Waals surface area contributed by atoms with Crippen molar-refractivity contribution < 1.29 is 14.7 Å². The Morgan fingerprint density at radius 2 is 1.87 bits per heavy atom. The van der Waals surface area contributed by atoms with Crippen molar-refractivity contribution in [1.82, 2.24) is 25.6 Å². The fourth-order valence-electron chi connectivity index (χ4n) is 5.29. The number of amides is 2. The molecule has 38 heavy (non-hydrogen) atoms. The van der Waals surface area contributed by atoms with E-state index in [-0.39, 0.29) is 5.57 Å². The molecule has 0 spiro atoms. The second-order valence-corrected chi connectivity index (χ2v) is 11.6. The smallest absolute Gasteiger partial charge is 0.261 e. The fraction of sp³-hybridized carbons (Fsp3) is 0.357. The molecule has 0 bridgehead atoms. The molecule has 1 aromatic carbocycles. The van der Waals surface area contributed by atoms with E-state index in [1.54, 1.807) is 20.0 Å². The summed E-state index contributed by atoms with van der Waals surface area (Å²) >= 11 is 1.53. The molecule has 196 valence electrons. The van der Waals surface area contributed by atoms with Crippen molar-refractivity contribution in [3.63, 3.8) is 0 Å². The van der Waals surface area contributed by atoms with E-state index in [1.807, 2.05) is 35.7 Å². The number of aliphatic hydroxyl groups is 1. The molecule has 9 nitrogen and oxygen atoms in total. The first-order valence-corrected chi connectivity index (χ1v) is 13.8. The first-order valence-electron chi connectivity index (χ1n) is 12.9. The van der Waals surface area contributed by atoms with Crippen LogP contribution in [0.25, 0.3) is 32.3 Å². The van der Waals surface area contributed by atoms with Crippen LogP contribution in [-0.4, -0.2) is 63.7 Å². The van der Waals surface area contributed by atoms with Crippen LogP contribution in [0.15, 0.2) is 41.9 Å². The minimum atomic E-state index is -0.729. The predicted molar refractivity (Wildman–Crippen MR) is 150 cm³/mol. The Morgan fingerprint density at radius 1 is 1.11 bits per heavy atom. The average Bonchev–Trinajstić information content (AvgIpc) is 3.58. The third-order valence-electron chi connectivity index (χ3n) is 7.20. The van der Waals surface area contributed by atoms with Gasteiger partial charge in [0.2, 0.25) is 5.95 Å². The lowest BCUT2D eigenvalue weighted by Gasteiger charge is -2.33. The number of rotatable bonds is 7. The third kappa shape index (κ3) is 4.59. The summed E-state index contributed by atoms with van der Waals surface area (Å²) in [5.74, 6) is 0.212. The number of anilines is 1. The van der Waals surface area contributed by atoms with Crippen molar-refractivity contribution in [1.29, 1.82) is 0 Å². The highest BCUT2D eigenvalue weighted by molar-refractivity contribution is 7.17. The summed E-state index contributed by atoms with van der Waals surface area (Å²) in [5, 5.41) is 18.5. The Labute approximate surface area is 224 Å². The van der Waals surface area contributed by atoms with E-state index < -0.39 is 17.4 Å². The zero-order valence-electron chi connectivity index (χ0n) is 21.4. The van der Waals surface area contributed by atoms with Gasteiger partial charge in [-0.2, -0.15) is 0 Å². The zero-order valence-corrected chi connectivity index (χ0v) is 22.2. The number of para-hydroxylation sites is 1. The number of H-pyrrole nitrogens is 1. The molecule has 1 fully saturated rings. The monoisotopic (exact) mass is 530 g/mol. The number of benzene rings is 1. The van der Waals surface area contributed by atoms with Gasteiger partial charge in [0.25, 0.3) is 11.8 Å². The number of piperidine rings is 1. The van der Waals surface area contributed by atoms with Gasteiger partial charge in [0.15, 0.2) is 0 Å². The number of aromatic nitrogens is 3. The van der Waals surface area contributed by atoms with Crippen LogP contribution < -0.4 is 15.5 Å². The van der Waals surface area contributed by atoms with E-state index in [4.69, 9.17) is 9.97 Å². The molecule has 0 aliphatic carbocycles. The standard InChI is InChI=1S/C28H30N6O3S/c1-28(2,37)15-29-13-16-7-10-34(11-8-16)27-31-19-6-4-3-5-17(19)23(32-27)22-21(25(35)33-26(22)36)18-14-30-20-9-12-38-24(18)20/h3-6,9,12,14,16,29-30,37H,7-8,10-11,13,15H2,1-2H3,(H,33,35,36). The largest absolute Gasteiger partial charge is 0.389 e. The lowest BCUT2D eigenvalue weighted by Crippen LogP contribution is -2.41. The molecule has 2 aliphatic rings. The van der Waals surface area contributed by atoms with E-state index in [0.29, 0.717) is 35.2 Å². The molecule has 0 saturated carbocycles. The topological polar surface area (TPSA) is 123 Å². The number of imide groups is 1. The quantitative estimate of drug-likeness (QED) is 0.270. The molecule has 0 radical (unpaired) electrons. The van der Waals surface area contributed by atoms with Gasteiger partial charge >= 0.3 is 0 Å². The van der Waals surface area contributed by atoms with Crippen LogP contribution in [-0.2, 0) is 9.59 Å². The Hall–Kier alpha value is -3.60. The van der Waals surface area contributed by atoms with Crippen LogP contribution >= 0.6 is 11.3 Å². The maximum absolute atomic E-state index is 13.2. The van der Waals surface area contributed by atoms with Crippen LogP contribution in [0.3, 0.4) is 0 Å². The number of nitrogens with zero attached hydrogens (tertiary/aromatic N) is 3. The number of thiophene rings is 1. The van der Waals surface area contributed by atoms with Crippen molar-refractivity contribution in [3.8, 4) is 0 Å². The van der Waals surface area contributed by atoms with Gasteiger partial charge in [0.05, 0.1) is 38.2 Å². The first-order chi connectivity index (χ1) is 18.3. The fourth-order valence-corrected chi connectivity index (χ4v) is 6.17. The Balaban J connectivity index is 1.36. The van der Waals surface area contributed by atoms with E-state index >= 15 is 0 Å². The third-order valence-corrected chi connectivity index (χ3v) is 8.15. The lowest BCUT2D eigenvalue weighted by atomic mass is 9.96. The van der Waals surface area contributed by atoms with E-state index in [1.165, 1.54) is 11.3 Å². The molecule has 1 saturated heterocycles. The van der Waals surface area contributed by atoms with Crippen molar-refractivity contribution in [3.05, 3.63) is 53.2 Å².